The first kappa shape index (κ1) is 23.3. The number of hydrogen-bond donors (Lipinski definition) is 1. The van der Waals surface area contributed by atoms with Crippen LogP contribution in [0, 0.1) is 0 Å². The summed E-state index contributed by atoms with van der Waals surface area (Å²) >= 11 is 0. The number of rotatable bonds is 12. The van der Waals surface area contributed by atoms with Crippen molar-refractivity contribution in [1.29, 1.82) is 0 Å². The largest absolute Gasteiger partial charge is 0.395 e. The van der Waals surface area contributed by atoms with E-state index in [1.54, 1.807) is 0 Å². The predicted molar refractivity (Wildman–Crippen MR) is 113 cm³/mol. The van der Waals surface area contributed by atoms with E-state index in [2.05, 4.69) is 61.9 Å². The molecule has 1 N–H and O–H groups in total. The van der Waals surface area contributed by atoms with Gasteiger partial charge in [-0.15, -0.1) is 0 Å². The fourth-order valence-corrected chi connectivity index (χ4v) is 6.77. The van der Waals surface area contributed by atoms with Crippen molar-refractivity contribution >= 4 is 16.8 Å². The van der Waals surface area contributed by atoms with Crippen LogP contribution in [0.1, 0.15) is 26.7 Å². The Morgan fingerprint density at radius 1 is 1.16 bits per heavy atom. The lowest BCUT2D eigenvalue weighted by Gasteiger charge is -2.34. The van der Waals surface area contributed by atoms with Gasteiger partial charge in [0.25, 0.3) is 0 Å². The molecule has 7 heteroatoms. The van der Waals surface area contributed by atoms with Crippen molar-refractivity contribution in [2.75, 3.05) is 52.9 Å². The number of nitrogens with zero attached hydrogens (tertiary/aromatic N) is 2. The summed E-state index contributed by atoms with van der Waals surface area (Å²) in [5.74, 6) is 0. The number of piperazine rings is 1. The molecule has 1 rings (SSSR count). The van der Waals surface area contributed by atoms with Gasteiger partial charge in [0, 0.05) is 45.4 Å². The van der Waals surface area contributed by atoms with E-state index in [-0.39, 0.29) is 6.10 Å². The third-order valence-corrected chi connectivity index (χ3v) is 10.8. The number of nitrogens with one attached hydrogen (secondary N) is 1. The van der Waals surface area contributed by atoms with Crippen LogP contribution in [0.5, 0.6) is 0 Å². The molecule has 2 unspecified atom stereocenters. The van der Waals surface area contributed by atoms with E-state index in [0.29, 0.717) is 0 Å². The van der Waals surface area contributed by atoms with Crippen LogP contribution in [-0.4, -0.2) is 85.3 Å². The van der Waals surface area contributed by atoms with Gasteiger partial charge in [-0.2, -0.15) is 0 Å². The van der Waals surface area contributed by atoms with Gasteiger partial charge >= 0.3 is 8.56 Å². The summed E-state index contributed by atoms with van der Waals surface area (Å²) in [6, 6.07) is 1.09. The molecule has 1 aliphatic rings. The molecule has 0 spiro atoms. The van der Waals surface area contributed by atoms with E-state index >= 15 is 0 Å². The van der Waals surface area contributed by atoms with E-state index in [0.717, 1.165) is 58.3 Å². The topological polar surface area (TPSA) is 37.0 Å². The van der Waals surface area contributed by atoms with E-state index in [4.69, 9.17) is 8.85 Å². The summed E-state index contributed by atoms with van der Waals surface area (Å²) in [6.07, 6.45) is 2.56. The molecule has 1 saturated heterocycles. The second-order valence-corrected chi connectivity index (χ2v) is 17.0. The van der Waals surface area contributed by atoms with Crippen LogP contribution in [0.2, 0.25) is 32.2 Å². The lowest BCUT2D eigenvalue weighted by Crippen LogP contribution is -2.46. The maximum absolute atomic E-state index is 6.50. The molecule has 1 fully saturated rings. The van der Waals surface area contributed by atoms with Crippen molar-refractivity contribution in [2.24, 2.45) is 0 Å². The third kappa shape index (κ3) is 9.65. The maximum atomic E-state index is 6.50. The minimum Gasteiger partial charge on any atom is -0.395 e. The average Bonchev–Trinajstić information content (AvgIpc) is 2.53. The zero-order chi connectivity index (χ0) is 18.9. The number of hydrogen-bond acceptors (Lipinski definition) is 5. The monoisotopic (exact) mass is 389 g/mol. The van der Waals surface area contributed by atoms with Crippen molar-refractivity contribution in [3.8, 4) is 0 Å². The summed E-state index contributed by atoms with van der Waals surface area (Å²) in [5, 5.41) is 3.41. The van der Waals surface area contributed by atoms with Gasteiger partial charge in [0.15, 0.2) is 0 Å². The fraction of sp³-hybridized carbons (Fsp3) is 1.00. The molecule has 0 aliphatic carbocycles. The summed E-state index contributed by atoms with van der Waals surface area (Å²) in [7, 11) is -0.984. The molecule has 0 radical (unpaired) electrons. The quantitative estimate of drug-likeness (QED) is 0.519. The van der Waals surface area contributed by atoms with Crippen LogP contribution in [0.3, 0.4) is 0 Å². The summed E-state index contributed by atoms with van der Waals surface area (Å²) in [5.41, 5.74) is 0. The lowest BCUT2D eigenvalue weighted by molar-refractivity contribution is 0.110. The van der Waals surface area contributed by atoms with Gasteiger partial charge in [-0.25, -0.2) is 0 Å². The second-order valence-electron chi connectivity index (χ2n) is 8.57. The highest BCUT2D eigenvalue weighted by Gasteiger charge is 2.33. The summed E-state index contributed by atoms with van der Waals surface area (Å²) < 4.78 is 15.2. The molecule has 1 heterocycles. The van der Waals surface area contributed by atoms with E-state index < -0.39 is 16.8 Å². The van der Waals surface area contributed by atoms with Crippen molar-refractivity contribution < 1.29 is 8.85 Å². The Kier molecular flexibility index (Phi) is 10.4. The molecular formula is C18H43N3O2Si2. The van der Waals surface area contributed by atoms with Gasteiger partial charge in [0.2, 0.25) is 0 Å². The fourth-order valence-electron chi connectivity index (χ4n) is 3.23. The predicted octanol–water partition coefficient (Wildman–Crippen LogP) is 2.95. The minimum absolute atomic E-state index is 0.285. The normalized spacial score (nSPS) is 20.6. The van der Waals surface area contributed by atoms with Gasteiger partial charge in [-0.05, 0) is 52.9 Å². The van der Waals surface area contributed by atoms with Gasteiger partial charge in [0.1, 0.15) is 8.24 Å². The molecule has 2 atom stereocenters. The molecule has 0 amide bonds. The van der Waals surface area contributed by atoms with Gasteiger partial charge < -0.3 is 23.6 Å². The Morgan fingerprint density at radius 3 is 2.36 bits per heavy atom. The molecule has 0 aromatic heterocycles. The SMILES string of the molecule is CCO[Si](C)(CCCN(C)[Si](C)(C)C)OC(C)CCN1CCNCC1. The summed E-state index contributed by atoms with van der Waals surface area (Å²) in [4.78, 5) is 2.54. The molecule has 0 bridgehead atoms. The van der Waals surface area contributed by atoms with Crippen LogP contribution in [-0.2, 0) is 8.85 Å². The van der Waals surface area contributed by atoms with Gasteiger partial charge in [0.05, 0.1) is 0 Å². The minimum atomic E-state index is -2.07. The third-order valence-electron chi connectivity index (χ3n) is 5.23. The van der Waals surface area contributed by atoms with Gasteiger partial charge in [-0.3, -0.25) is 0 Å². The van der Waals surface area contributed by atoms with Crippen molar-refractivity contribution in [3.63, 3.8) is 0 Å². The molecule has 150 valence electrons. The first-order valence-electron chi connectivity index (χ1n) is 10.1. The van der Waals surface area contributed by atoms with Crippen LogP contribution >= 0.6 is 0 Å². The molecule has 0 aromatic rings. The Balaban J connectivity index is 2.38. The molecule has 0 saturated carbocycles. The van der Waals surface area contributed by atoms with E-state index in [1.165, 1.54) is 6.42 Å². The van der Waals surface area contributed by atoms with Crippen LogP contribution in [0.25, 0.3) is 0 Å². The van der Waals surface area contributed by atoms with Gasteiger partial charge in [-0.1, -0.05) is 19.6 Å². The Labute approximate surface area is 158 Å². The zero-order valence-corrected chi connectivity index (χ0v) is 19.9. The molecular weight excluding hydrogens is 346 g/mol. The molecule has 25 heavy (non-hydrogen) atoms. The Bertz CT molecular complexity index is 363. The second kappa shape index (κ2) is 11.2. The van der Waals surface area contributed by atoms with Crippen LogP contribution in [0.15, 0.2) is 0 Å². The Hall–Kier alpha value is 0.234. The molecule has 1 aliphatic heterocycles. The molecule has 5 nitrogen and oxygen atoms in total. The average molecular weight is 390 g/mol. The standard InChI is InChI=1S/C18H43N3O2Si2/c1-8-22-25(7,17-9-13-20(3)24(4,5)6)23-18(2)10-14-21-15-11-19-12-16-21/h18-19H,8-17H2,1-7H3. The lowest BCUT2D eigenvalue weighted by atomic mass is 10.2. The first-order chi connectivity index (χ1) is 11.7. The maximum Gasteiger partial charge on any atom is 0.335 e. The highest BCUT2D eigenvalue weighted by Crippen LogP contribution is 2.20. The van der Waals surface area contributed by atoms with Crippen LogP contribution in [0.4, 0.5) is 0 Å². The summed E-state index contributed by atoms with van der Waals surface area (Å²) in [6.45, 7) is 21.4. The van der Waals surface area contributed by atoms with Crippen molar-refractivity contribution in [2.45, 2.75) is 65.0 Å². The highest BCUT2D eigenvalue weighted by molar-refractivity contribution is 6.73. The first-order valence-corrected chi connectivity index (χ1v) is 16.1. The van der Waals surface area contributed by atoms with Crippen molar-refractivity contribution in [1.82, 2.24) is 14.8 Å². The van der Waals surface area contributed by atoms with Crippen molar-refractivity contribution in [3.05, 3.63) is 0 Å². The van der Waals surface area contributed by atoms with E-state index in [9.17, 15) is 0 Å². The van der Waals surface area contributed by atoms with E-state index in [1.807, 2.05) is 0 Å². The molecule has 0 aromatic carbocycles. The van der Waals surface area contributed by atoms with Crippen LogP contribution < -0.4 is 5.32 Å². The smallest absolute Gasteiger partial charge is 0.335 e. The highest BCUT2D eigenvalue weighted by atomic mass is 28.4. The Morgan fingerprint density at radius 2 is 1.80 bits per heavy atom. The zero-order valence-electron chi connectivity index (χ0n) is 17.9.